The van der Waals surface area contributed by atoms with Gasteiger partial charge in [-0.05, 0) is 5.56 Å². The first-order valence-electron chi connectivity index (χ1n) is 5.00. The van der Waals surface area contributed by atoms with E-state index in [1.165, 1.54) is 36.4 Å². The van der Waals surface area contributed by atoms with E-state index in [0.29, 0.717) is 11.1 Å². The number of phenolic OH excluding ortho intramolecular Hbond substituents is 1. The molecule has 0 bridgehead atoms. The minimum atomic E-state index is -0.899. The second-order valence-electron chi connectivity index (χ2n) is 3.24. The molecule has 0 aromatic heterocycles. The van der Waals surface area contributed by atoms with E-state index in [4.69, 9.17) is 10.2 Å². The fourth-order valence-corrected chi connectivity index (χ4v) is 1.06. The van der Waals surface area contributed by atoms with Crippen molar-refractivity contribution in [3.05, 3.63) is 65.7 Å². The average molecular weight is 480 g/mol. The summed E-state index contributed by atoms with van der Waals surface area (Å²) in [5.41, 5.74) is 0.751. The molecule has 0 heterocycles. The Labute approximate surface area is 134 Å². The van der Waals surface area contributed by atoms with Crippen LogP contribution in [0.4, 0.5) is 0 Å². The molecule has 94 valence electrons. The summed E-state index contributed by atoms with van der Waals surface area (Å²) < 4.78 is 0. The summed E-state index contributed by atoms with van der Waals surface area (Å²) in [6, 6.07) is 14.8. The molecule has 2 rings (SSSR count). The Bertz CT molecular complexity index is 509. The first-order chi connectivity index (χ1) is 8.63. The number of aromatic hydroxyl groups is 1. The zero-order valence-corrected chi connectivity index (χ0v) is 14.0. The van der Waals surface area contributed by atoms with Crippen LogP contribution in [0.3, 0.4) is 0 Å². The van der Waals surface area contributed by atoms with Gasteiger partial charge in [0.25, 0.3) is 0 Å². The summed E-state index contributed by atoms with van der Waals surface area (Å²) in [5, 5.41) is 17.1. The van der Waals surface area contributed by atoms with Crippen molar-refractivity contribution in [3.8, 4) is 5.75 Å². The molecule has 2 aromatic rings. The van der Waals surface area contributed by atoms with E-state index in [9.17, 15) is 9.59 Å². The van der Waals surface area contributed by atoms with Gasteiger partial charge in [0.1, 0.15) is 0 Å². The van der Waals surface area contributed by atoms with Gasteiger partial charge in [0.15, 0.2) is 0 Å². The standard InChI is InChI=1S/2C7H5O2.U/c8-5-6-1-3-7(9)4-2-6;8-7(9)6-4-2-1-3-5-6;/h1-4,9H;2-5H,(H,8,9);/q2*-1;+2. The monoisotopic (exact) mass is 480 g/mol. The number of carboxylic acids is 1. The third-order valence-corrected chi connectivity index (χ3v) is 1.95. The van der Waals surface area contributed by atoms with Gasteiger partial charge in [-0.2, -0.15) is 48.0 Å². The van der Waals surface area contributed by atoms with Gasteiger partial charge < -0.3 is 15.0 Å². The number of aromatic carboxylic acids is 1. The van der Waals surface area contributed by atoms with Crippen molar-refractivity contribution in [3.63, 3.8) is 0 Å². The Morgan fingerprint density at radius 2 is 1.58 bits per heavy atom. The van der Waals surface area contributed by atoms with Crippen LogP contribution in [0, 0.1) is 37.2 Å². The third kappa shape index (κ3) is 6.80. The van der Waals surface area contributed by atoms with Gasteiger partial charge >= 0.3 is 37.1 Å². The van der Waals surface area contributed by atoms with Gasteiger partial charge in [0, 0.05) is 0 Å². The van der Waals surface area contributed by atoms with E-state index in [1.807, 2.05) is 0 Å². The van der Waals surface area contributed by atoms with Crippen molar-refractivity contribution >= 4 is 12.3 Å². The summed E-state index contributed by atoms with van der Waals surface area (Å²) >= 11 is 0. The van der Waals surface area contributed by atoms with Crippen LogP contribution < -0.4 is 0 Å². The van der Waals surface area contributed by atoms with Crippen LogP contribution in [-0.2, 0) is 4.79 Å². The van der Waals surface area contributed by atoms with Crippen molar-refractivity contribution in [1.29, 1.82) is 0 Å². The Morgan fingerprint density at radius 1 is 1.05 bits per heavy atom. The molecule has 0 amide bonds. The van der Waals surface area contributed by atoms with Crippen molar-refractivity contribution in [2.24, 2.45) is 0 Å². The van der Waals surface area contributed by atoms with Crippen LogP contribution in [0.5, 0.6) is 5.75 Å². The molecular weight excluding hydrogens is 470 g/mol. The summed E-state index contributed by atoms with van der Waals surface area (Å²) in [6.07, 6.45) is 1.69. The number of rotatable bonds is 2. The van der Waals surface area contributed by atoms with E-state index in [2.05, 4.69) is 6.07 Å². The molecule has 0 aliphatic heterocycles. The molecule has 0 spiro atoms. The average Bonchev–Trinajstić information content (AvgIpc) is 2.41. The van der Waals surface area contributed by atoms with Crippen molar-refractivity contribution in [1.82, 2.24) is 0 Å². The summed E-state index contributed by atoms with van der Waals surface area (Å²) in [5.74, 6) is -0.738. The molecular formula is C14H10O4U. The Balaban J connectivity index is 0.000000324. The van der Waals surface area contributed by atoms with Gasteiger partial charge in [0.05, 0.1) is 12.0 Å². The fourth-order valence-electron chi connectivity index (χ4n) is 1.06. The van der Waals surface area contributed by atoms with Gasteiger partial charge in [-0.1, -0.05) is 12.1 Å². The quantitative estimate of drug-likeness (QED) is 0.646. The molecule has 2 aromatic carbocycles. The molecule has 19 heavy (non-hydrogen) atoms. The van der Waals surface area contributed by atoms with Crippen molar-refractivity contribution in [2.45, 2.75) is 0 Å². The maximum atomic E-state index is 10.2. The minimum Gasteiger partial charge on any atom is -0.510 e. The smallest absolute Gasteiger partial charge is 0.510 e. The predicted molar refractivity (Wildman–Crippen MR) is 65.1 cm³/mol. The predicted octanol–water partition coefficient (Wildman–Crippen LogP) is 2.03. The van der Waals surface area contributed by atoms with Crippen LogP contribution >= 0.6 is 0 Å². The van der Waals surface area contributed by atoms with E-state index in [-0.39, 0.29) is 36.9 Å². The second-order valence-corrected chi connectivity index (χ2v) is 3.24. The normalized spacial score (nSPS) is 8.42. The van der Waals surface area contributed by atoms with E-state index >= 15 is 0 Å². The molecule has 0 saturated carbocycles. The van der Waals surface area contributed by atoms with Crippen LogP contribution in [0.2, 0.25) is 0 Å². The molecule has 0 saturated heterocycles. The number of hydrogen-bond donors (Lipinski definition) is 2. The van der Waals surface area contributed by atoms with Gasteiger partial charge in [-0.25, -0.2) is 4.79 Å². The van der Waals surface area contributed by atoms with Crippen molar-refractivity contribution in [2.75, 3.05) is 0 Å². The number of carbonyl (C=O) groups excluding carboxylic acids is 1. The minimum absolute atomic E-state index is 0. The zero-order valence-electron chi connectivity index (χ0n) is 9.83. The maximum absolute atomic E-state index is 10.2. The van der Waals surface area contributed by atoms with Crippen LogP contribution in [-0.4, -0.2) is 22.5 Å². The van der Waals surface area contributed by atoms with Gasteiger partial charge in [0.2, 0.25) is 0 Å². The molecule has 4 nitrogen and oxygen atoms in total. The van der Waals surface area contributed by atoms with Crippen LogP contribution in [0.15, 0.2) is 48.5 Å². The Kier molecular flexibility index (Phi) is 8.60. The number of benzene rings is 2. The number of carbonyl (C=O) groups is 1. The first-order valence-corrected chi connectivity index (χ1v) is 5.00. The summed E-state index contributed by atoms with van der Waals surface area (Å²) in [6.45, 7) is 0. The van der Waals surface area contributed by atoms with Gasteiger partial charge in [-0.3, -0.25) is 0 Å². The number of hydrogen-bond acceptors (Lipinski definition) is 3. The molecule has 2 N–H and O–H groups in total. The zero-order chi connectivity index (χ0) is 13.4. The Morgan fingerprint density at radius 3 is 1.95 bits per heavy atom. The molecule has 0 atom stereocenters. The van der Waals surface area contributed by atoms with Crippen LogP contribution in [0.1, 0.15) is 15.9 Å². The second kappa shape index (κ2) is 9.37. The summed E-state index contributed by atoms with van der Waals surface area (Å²) in [4.78, 5) is 20.1. The first kappa shape index (κ1) is 17.4. The molecule has 0 aliphatic rings. The van der Waals surface area contributed by atoms with E-state index in [0.717, 1.165) is 0 Å². The SMILES string of the molecule is O=C(O)c1cc[c-]cc1.O=[C-]c1ccc(O)cc1.[U+2]. The van der Waals surface area contributed by atoms with E-state index < -0.39 is 5.97 Å². The molecule has 0 aliphatic carbocycles. The largest absolute Gasteiger partial charge is 2.00 e. The number of carboxylic acid groups (broad SMARTS) is 1. The molecule has 5 heteroatoms. The van der Waals surface area contributed by atoms with E-state index in [1.54, 1.807) is 18.4 Å². The van der Waals surface area contributed by atoms with Gasteiger partial charge in [-0.15, -0.1) is 0 Å². The van der Waals surface area contributed by atoms with Crippen LogP contribution in [0.25, 0.3) is 0 Å². The Hall–Kier alpha value is -1.57. The topological polar surface area (TPSA) is 74.6 Å². The fraction of sp³-hybridized carbons (Fsp3) is 0. The summed E-state index contributed by atoms with van der Waals surface area (Å²) in [7, 11) is 0. The molecule has 0 radical (unpaired) electrons. The molecule has 0 unspecified atom stereocenters. The number of phenols is 1. The maximum Gasteiger partial charge on any atom is 2.00 e. The third-order valence-electron chi connectivity index (χ3n) is 1.95. The molecule has 0 fully saturated rings. The van der Waals surface area contributed by atoms with Crippen molar-refractivity contribution < 1.29 is 50.9 Å².